The molecule has 0 aromatic heterocycles. The third-order valence-corrected chi connectivity index (χ3v) is 5.44. The quantitative estimate of drug-likeness (QED) is 0.793. The lowest BCUT2D eigenvalue weighted by atomic mass is 9.86. The second-order valence-electron chi connectivity index (χ2n) is 6.56. The zero-order valence-corrected chi connectivity index (χ0v) is 15.9. The van der Waals surface area contributed by atoms with Gasteiger partial charge in [-0.3, -0.25) is 4.79 Å². The number of quaternary nitrogens is 1. The van der Waals surface area contributed by atoms with Crippen molar-refractivity contribution in [2.24, 2.45) is 5.92 Å². The predicted molar refractivity (Wildman–Crippen MR) is 95.5 cm³/mol. The first-order chi connectivity index (χ1) is 11.0. The van der Waals surface area contributed by atoms with E-state index in [4.69, 9.17) is 4.74 Å². The molecule has 0 saturated heterocycles. The lowest BCUT2D eigenvalue weighted by Gasteiger charge is -2.29. The van der Waals surface area contributed by atoms with E-state index in [-0.39, 0.29) is 11.9 Å². The Kier molecular flexibility index (Phi) is 6.90. The van der Waals surface area contributed by atoms with Crippen molar-refractivity contribution in [1.29, 1.82) is 0 Å². The largest absolute Gasteiger partial charge is 0.496 e. The molecular formula is C18H28BrN2O2+. The van der Waals surface area contributed by atoms with Gasteiger partial charge in [0.2, 0.25) is 0 Å². The van der Waals surface area contributed by atoms with E-state index in [0.717, 1.165) is 16.6 Å². The van der Waals surface area contributed by atoms with Crippen LogP contribution in [0.25, 0.3) is 0 Å². The average Bonchev–Trinajstić information content (AvgIpc) is 2.54. The third-order valence-electron chi connectivity index (χ3n) is 4.82. The van der Waals surface area contributed by atoms with E-state index in [9.17, 15) is 4.79 Å². The van der Waals surface area contributed by atoms with Crippen LogP contribution in [0.3, 0.4) is 0 Å². The number of ether oxygens (including phenoxy) is 1. The van der Waals surface area contributed by atoms with Crippen molar-refractivity contribution >= 4 is 21.8 Å². The molecule has 23 heavy (non-hydrogen) atoms. The minimum Gasteiger partial charge on any atom is -0.496 e. The zero-order valence-electron chi connectivity index (χ0n) is 14.3. The summed E-state index contributed by atoms with van der Waals surface area (Å²) in [5, 5.41) is 5.29. The maximum absolute atomic E-state index is 12.2. The fourth-order valence-electron chi connectivity index (χ4n) is 3.18. The van der Waals surface area contributed by atoms with Crippen molar-refractivity contribution < 1.29 is 14.8 Å². The summed E-state index contributed by atoms with van der Waals surface area (Å²) in [5.41, 5.74) is 1.18. The summed E-state index contributed by atoms with van der Waals surface area (Å²) in [5.74, 6) is 1.57. The molecule has 3 atom stereocenters. The average molecular weight is 384 g/mol. The van der Waals surface area contributed by atoms with Crippen molar-refractivity contribution in [3.63, 3.8) is 0 Å². The normalized spacial score (nSPS) is 22.4. The zero-order chi connectivity index (χ0) is 16.8. The molecular weight excluding hydrogens is 356 g/mol. The van der Waals surface area contributed by atoms with Gasteiger partial charge in [0.05, 0.1) is 11.6 Å². The van der Waals surface area contributed by atoms with E-state index in [0.29, 0.717) is 18.5 Å². The Morgan fingerprint density at radius 1 is 1.43 bits per heavy atom. The number of hydrogen-bond acceptors (Lipinski definition) is 2. The van der Waals surface area contributed by atoms with E-state index in [1.807, 2.05) is 12.1 Å². The molecule has 0 spiro atoms. The maximum atomic E-state index is 12.2. The molecule has 0 bridgehead atoms. The maximum Gasteiger partial charge on any atom is 0.275 e. The van der Waals surface area contributed by atoms with Gasteiger partial charge in [-0.25, -0.2) is 0 Å². The highest BCUT2D eigenvalue weighted by atomic mass is 79.9. The summed E-state index contributed by atoms with van der Waals surface area (Å²) in [6.45, 7) is 4.82. The van der Waals surface area contributed by atoms with Crippen LogP contribution in [0.1, 0.15) is 51.1 Å². The van der Waals surface area contributed by atoms with Crippen LogP contribution in [0, 0.1) is 5.92 Å². The molecule has 2 rings (SSSR count). The van der Waals surface area contributed by atoms with E-state index in [1.54, 1.807) is 7.11 Å². The van der Waals surface area contributed by atoms with Gasteiger partial charge in [-0.05, 0) is 59.8 Å². The smallest absolute Gasteiger partial charge is 0.275 e. The highest BCUT2D eigenvalue weighted by molar-refractivity contribution is 9.10. The standard InChI is InChI=1S/C18H27BrN2O2/c1-12-6-4-5-7-16(12)21-18(22)11-20-13(2)14-8-9-17(23-3)15(19)10-14/h8-10,12-13,16,20H,4-7,11H2,1-3H3,(H,21,22)/p+1/t12-,13+,16-/m1/s1. The second-order valence-corrected chi connectivity index (χ2v) is 7.41. The highest BCUT2D eigenvalue weighted by Crippen LogP contribution is 2.27. The Balaban J connectivity index is 1.82. The van der Waals surface area contributed by atoms with Crippen molar-refractivity contribution in [3.8, 4) is 5.75 Å². The Labute approximate surface area is 147 Å². The van der Waals surface area contributed by atoms with Crippen molar-refractivity contribution in [1.82, 2.24) is 5.32 Å². The first kappa shape index (κ1) is 18.3. The van der Waals surface area contributed by atoms with E-state index < -0.39 is 0 Å². The van der Waals surface area contributed by atoms with Crippen LogP contribution in [-0.4, -0.2) is 25.6 Å². The number of rotatable bonds is 6. The molecule has 0 aliphatic heterocycles. The van der Waals surface area contributed by atoms with Gasteiger partial charge >= 0.3 is 0 Å². The molecule has 1 aliphatic rings. The molecule has 0 radical (unpaired) electrons. The van der Waals surface area contributed by atoms with Gasteiger partial charge in [0.1, 0.15) is 11.8 Å². The molecule has 128 valence electrons. The molecule has 1 saturated carbocycles. The summed E-state index contributed by atoms with van der Waals surface area (Å²) >= 11 is 3.51. The molecule has 1 aliphatic carbocycles. The van der Waals surface area contributed by atoms with E-state index in [2.05, 4.69) is 46.5 Å². The summed E-state index contributed by atoms with van der Waals surface area (Å²) in [6, 6.07) is 6.64. The SMILES string of the molecule is COc1ccc([C@H](C)[NH2+]CC(=O)N[C@@H]2CCCC[C@H]2C)cc1Br. The van der Waals surface area contributed by atoms with Crippen LogP contribution in [0.15, 0.2) is 22.7 Å². The molecule has 1 amide bonds. The summed E-state index contributed by atoms with van der Waals surface area (Å²) in [7, 11) is 1.66. The summed E-state index contributed by atoms with van der Waals surface area (Å²) < 4.78 is 6.19. The Morgan fingerprint density at radius 2 is 2.17 bits per heavy atom. The molecule has 1 aromatic rings. The van der Waals surface area contributed by atoms with Gasteiger partial charge < -0.3 is 15.4 Å². The fourth-order valence-corrected chi connectivity index (χ4v) is 3.74. The van der Waals surface area contributed by atoms with Gasteiger partial charge in [0.25, 0.3) is 5.91 Å². The van der Waals surface area contributed by atoms with Crippen LogP contribution in [0.4, 0.5) is 0 Å². The molecule has 1 fully saturated rings. The number of methoxy groups -OCH3 is 1. The number of carbonyl (C=O) groups excluding carboxylic acids is 1. The minimum absolute atomic E-state index is 0.142. The van der Waals surface area contributed by atoms with Gasteiger partial charge in [0, 0.05) is 11.6 Å². The summed E-state index contributed by atoms with van der Waals surface area (Å²) in [4.78, 5) is 12.2. The minimum atomic E-state index is 0.142. The Morgan fingerprint density at radius 3 is 2.83 bits per heavy atom. The van der Waals surface area contributed by atoms with E-state index in [1.165, 1.54) is 24.8 Å². The number of nitrogens with two attached hydrogens (primary N) is 1. The monoisotopic (exact) mass is 383 g/mol. The first-order valence-electron chi connectivity index (χ1n) is 8.47. The fraction of sp³-hybridized carbons (Fsp3) is 0.611. The highest BCUT2D eigenvalue weighted by Gasteiger charge is 2.23. The predicted octanol–water partition coefficient (Wildman–Crippen LogP) is 2.78. The summed E-state index contributed by atoms with van der Waals surface area (Å²) in [6.07, 6.45) is 4.87. The van der Waals surface area contributed by atoms with Gasteiger partial charge in [0.15, 0.2) is 6.54 Å². The lowest BCUT2D eigenvalue weighted by Crippen LogP contribution is -2.87. The third kappa shape index (κ3) is 5.21. The molecule has 0 unspecified atom stereocenters. The Bertz CT molecular complexity index is 536. The molecule has 3 N–H and O–H groups in total. The van der Waals surface area contributed by atoms with Crippen LogP contribution in [-0.2, 0) is 4.79 Å². The van der Waals surface area contributed by atoms with Gasteiger partial charge in [-0.1, -0.05) is 19.8 Å². The van der Waals surface area contributed by atoms with Gasteiger partial charge in [-0.15, -0.1) is 0 Å². The topological polar surface area (TPSA) is 54.9 Å². The number of nitrogens with one attached hydrogen (secondary N) is 1. The van der Waals surface area contributed by atoms with Crippen LogP contribution >= 0.6 is 15.9 Å². The number of carbonyl (C=O) groups is 1. The lowest BCUT2D eigenvalue weighted by molar-refractivity contribution is -0.682. The van der Waals surface area contributed by atoms with Gasteiger partial charge in [-0.2, -0.15) is 0 Å². The van der Waals surface area contributed by atoms with Crippen LogP contribution in [0.5, 0.6) is 5.75 Å². The molecule has 4 nitrogen and oxygen atoms in total. The van der Waals surface area contributed by atoms with Crippen LogP contribution < -0.4 is 15.4 Å². The van der Waals surface area contributed by atoms with Crippen molar-refractivity contribution in [3.05, 3.63) is 28.2 Å². The first-order valence-corrected chi connectivity index (χ1v) is 9.26. The van der Waals surface area contributed by atoms with Crippen molar-refractivity contribution in [2.75, 3.05) is 13.7 Å². The second kappa shape index (κ2) is 8.69. The number of halogens is 1. The number of benzene rings is 1. The Hall–Kier alpha value is -1.07. The van der Waals surface area contributed by atoms with Crippen molar-refractivity contribution in [2.45, 2.75) is 51.6 Å². The van der Waals surface area contributed by atoms with Crippen LogP contribution in [0.2, 0.25) is 0 Å². The van der Waals surface area contributed by atoms with E-state index >= 15 is 0 Å². The molecule has 0 heterocycles. The molecule has 5 heteroatoms. The number of amides is 1. The molecule has 1 aromatic carbocycles. The number of hydrogen-bond donors (Lipinski definition) is 2.